The van der Waals surface area contributed by atoms with Crippen LogP contribution in [0.15, 0.2) is 48.5 Å². The summed E-state index contributed by atoms with van der Waals surface area (Å²) in [5.74, 6) is 0.110. The van der Waals surface area contributed by atoms with Crippen LogP contribution in [0.5, 0.6) is 0 Å². The van der Waals surface area contributed by atoms with Crippen LogP contribution < -0.4 is 4.90 Å². The maximum absolute atomic E-state index is 12.9. The standard InChI is InChI=1S/C21H24N2O2/c1-3-22(13-11-17-7-5-4-6-8-17)21(25)19-9-10-20-18(15-19)12-14-23(20)16(2)24/h4-10,15H,3,11-14H2,1-2H3. The lowest BCUT2D eigenvalue weighted by atomic mass is 10.1. The van der Waals surface area contributed by atoms with Gasteiger partial charge in [0.1, 0.15) is 0 Å². The molecule has 25 heavy (non-hydrogen) atoms. The number of hydrogen-bond acceptors (Lipinski definition) is 2. The number of rotatable bonds is 5. The Morgan fingerprint density at radius 3 is 2.56 bits per heavy atom. The Balaban J connectivity index is 1.72. The molecule has 0 spiro atoms. The summed E-state index contributed by atoms with van der Waals surface area (Å²) in [6.07, 6.45) is 1.66. The summed E-state index contributed by atoms with van der Waals surface area (Å²) >= 11 is 0. The van der Waals surface area contributed by atoms with E-state index in [4.69, 9.17) is 0 Å². The molecule has 0 saturated heterocycles. The van der Waals surface area contributed by atoms with Gasteiger partial charge in [-0.2, -0.15) is 0 Å². The van der Waals surface area contributed by atoms with Gasteiger partial charge in [0.2, 0.25) is 5.91 Å². The zero-order valence-corrected chi connectivity index (χ0v) is 14.9. The second-order valence-electron chi connectivity index (χ2n) is 6.38. The molecule has 0 fully saturated rings. The van der Waals surface area contributed by atoms with Gasteiger partial charge in [0.25, 0.3) is 5.91 Å². The van der Waals surface area contributed by atoms with Crippen LogP contribution in [0.3, 0.4) is 0 Å². The Hall–Kier alpha value is -2.62. The molecule has 0 bridgehead atoms. The third kappa shape index (κ3) is 3.73. The molecular weight excluding hydrogens is 312 g/mol. The molecule has 3 rings (SSSR count). The fourth-order valence-electron chi connectivity index (χ4n) is 3.36. The maximum Gasteiger partial charge on any atom is 0.253 e. The molecule has 0 aromatic heterocycles. The van der Waals surface area contributed by atoms with Crippen LogP contribution in [-0.4, -0.2) is 36.3 Å². The highest BCUT2D eigenvalue weighted by molar-refractivity contribution is 5.97. The Morgan fingerprint density at radius 1 is 1.12 bits per heavy atom. The zero-order chi connectivity index (χ0) is 17.8. The number of amides is 2. The van der Waals surface area contributed by atoms with Crippen molar-refractivity contribution in [3.63, 3.8) is 0 Å². The van der Waals surface area contributed by atoms with E-state index < -0.39 is 0 Å². The predicted octanol–water partition coefficient (Wildman–Crippen LogP) is 3.30. The molecule has 1 heterocycles. The molecule has 0 atom stereocenters. The molecule has 130 valence electrons. The van der Waals surface area contributed by atoms with Crippen molar-refractivity contribution in [2.75, 3.05) is 24.5 Å². The van der Waals surface area contributed by atoms with E-state index in [1.54, 1.807) is 11.8 Å². The van der Waals surface area contributed by atoms with Gasteiger partial charge in [0.05, 0.1) is 0 Å². The smallest absolute Gasteiger partial charge is 0.253 e. The number of hydrogen-bond donors (Lipinski definition) is 0. The predicted molar refractivity (Wildman–Crippen MR) is 99.9 cm³/mol. The van der Waals surface area contributed by atoms with Gasteiger partial charge in [-0.1, -0.05) is 30.3 Å². The van der Waals surface area contributed by atoms with Crippen molar-refractivity contribution in [3.05, 3.63) is 65.2 Å². The zero-order valence-electron chi connectivity index (χ0n) is 14.9. The molecule has 0 unspecified atom stereocenters. The highest BCUT2D eigenvalue weighted by atomic mass is 16.2. The molecule has 0 N–H and O–H groups in total. The molecule has 2 amide bonds. The van der Waals surface area contributed by atoms with E-state index in [1.807, 2.05) is 48.2 Å². The van der Waals surface area contributed by atoms with Crippen LogP contribution >= 0.6 is 0 Å². The number of nitrogens with zero attached hydrogens (tertiary/aromatic N) is 2. The SMILES string of the molecule is CCN(CCc1ccccc1)C(=O)c1ccc2c(c1)CCN2C(C)=O. The monoisotopic (exact) mass is 336 g/mol. The van der Waals surface area contributed by atoms with Crippen molar-refractivity contribution in [2.24, 2.45) is 0 Å². The first-order chi connectivity index (χ1) is 12.1. The number of carbonyl (C=O) groups is 2. The number of carbonyl (C=O) groups excluding carboxylic acids is 2. The number of likely N-dealkylation sites (N-methyl/N-ethyl adjacent to an activating group) is 1. The summed E-state index contributed by atoms with van der Waals surface area (Å²) in [7, 11) is 0. The van der Waals surface area contributed by atoms with Crippen molar-refractivity contribution >= 4 is 17.5 Å². The third-order valence-corrected chi connectivity index (χ3v) is 4.78. The summed E-state index contributed by atoms with van der Waals surface area (Å²) in [6, 6.07) is 15.9. The van der Waals surface area contributed by atoms with Gasteiger partial charge in [0, 0.05) is 37.8 Å². The third-order valence-electron chi connectivity index (χ3n) is 4.78. The normalized spacial score (nSPS) is 12.8. The lowest BCUT2D eigenvalue weighted by Crippen LogP contribution is -2.32. The highest BCUT2D eigenvalue weighted by Crippen LogP contribution is 2.29. The van der Waals surface area contributed by atoms with Crippen molar-refractivity contribution in [2.45, 2.75) is 26.7 Å². The van der Waals surface area contributed by atoms with E-state index in [1.165, 1.54) is 5.56 Å². The van der Waals surface area contributed by atoms with Crippen molar-refractivity contribution in [3.8, 4) is 0 Å². The van der Waals surface area contributed by atoms with Gasteiger partial charge >= 0.3 is 0 Å². The first-order valence-corrected chi connectivity index (χ1v) is 8.84. The average Bonchev–Trinajstić information content (AvgIpc) is 3.06. The van der Waals surface area contributed by atoms with Crippen molar-refractivity contribution in [1.82, 2.24) is 4.90 Å². The average molecular weight is 336 g/mol. The Kier molecular flexibility index (Phi) is 5.17. The minimum atomic E-state index is 0.0517. The van der Waals surface area contributed by atoms with E-state index in [0.717, 1.165) is 24.1 Å². The minimum Gasteiger partial charge on any atom is -0.339 e. The van der Waals surface area contributed by atoms with Crippen LogP contribution in [0.4, 0.5) is 5.69 Å². The molecule has 0 aliphatic carbocycles. The lowest BCUT2D eigenvalue weighted by Gasteiger charge is -2.22. The summed E-state index contributed by atoms with van der Waals surface area (Å²) in [5.41, 5.74) is 3.97. The van der Waals surface area contributed by atoms with E-state index >= 15 is 0 Å². The van der Waals surface area contributed by atoms with E-state index in [-0.39, 0.29) is 11.8 Å². The van der Waals surface area contributed by atoms with E-state index in [0.29, 0.717) is 25.2 Å². The highest BCUT2D eigenvalue weighted by Gasteiger charge is 2.24. The van der Waals surface area contributed by atoms with Crippen LogP contribution in [0.1, 0.15) is 35.3 Å². The largest absolute Gasteiger partial charge is 0.339 e. The van der Waals surface area contributed by atoms with Gasteiger partial charge < -0.3 is 9.80 Å². The van der Waals surface area contributed by atoms with Crippen molar-refractivity contribution in [1.29, 1.82) is 0 Å². The van der Waals surface area contributed by atoms with E-state index in [2.05, 4.69) is 12.1 Å². The number of benzene rings is 2. The molecule has 0 saturated carbocycles. The number of anilines is 1. The number of fused-ring (bicyclic) bond motifs is 1. The van der Waals surface area contributed by atoms with Gasteiger partial charge in [-0.05, 0) is 49.1 Å². The molecule has 2 aromatic carbocycles. The van der Waals surface area contributed by atoms with Gasteiger partial charge in [-0.15, -0.1) is 0 Å². The molecule has 0 radical (unpaired) electrons. The molecule has 4 nitrogen and oxygen atoms in total. The quantitative estimate of drug-likeness (QED) is 0.840. The van der Waals surface area contributed by atoms with E-state index in [9.17, 15) is 9.59 Å². The Labute approximate surface area is 149 Å². The topological polar surface area (TPSA) is 40.6 Å². The summed E-state index contributed by atoms with van der Waals surface area (Å²) in [5, 5.41) is 0. The second kappa shape index (κ2) is 7.51. The Morgan fingerprint density at radius 2 is 1.88 bits per heavy atom. The maximum atomic E-state index is 12.9. The molecule has 2 aromatic rings. The minimum absolute atomic E-state index is 0.0517. The summed E-state index contributed by atoms with van der Waals surface area (Å²) < 4.78 is 0. The molecule has 1 aliphatic heterocycles. The van der Waals surface area contributed by atoms with Gasteiger partial charge in [-0.3, -0.25) is 9.59 Å². The van der Waals surface area contributed by atoms with Crippen LogP contribution in [0, 0.1) is 0 Å². The van der Waals surface area contributed by atoms with Crippen LogP contribution in [-0.2, 0) is 17.6 Å². The van der Waals surface area contributed by atoms with Gasteiger partial charge in [-0.25, -0.2) is 0 Å². The van der Waals surface area contributed by atoms with Crippen LogP contribution in [0.25, 0.3) is 0 Å². The van der Waals surface area contributed by atoms with Gasteiger partial charge in [0.15, 0.2) is 0 Å². The summed E-state index contributed by atoms with van der Waals surface area (Å²) in [6.45, 7) is 5.68. The summed E-state index contributed by atoms with van der Waals surface area (Å²) in [4.78, 5) is 28.2. The second-order valence-corrected chi connectivity index (χ2v) is 6.38. The fraction of sp³-hybridized carbons (Fsp3) is 0.333. The fourth-order valence-corrected chi connectivity index (χ4v) is 3.36. The molecular formula is C21H24N2O2. The molecule has 4 heteroatoms. The first kappa shape index (κ1) is 17.2. The Bertz CT molecular complexity index is 771. The van der Waals surface area contributed by atoms with Crippen LogP contribution in [0.2, 0.25) is 0 Å². The lowest BCUT2D eigenvalue weighted by molar-refractivity contribution is -0.116. The first-order valence-electron chi connectivity index (χ1n) is 8.84. The van der Waals surface area contributed by atoms with Crippen molar-refractivity contribution < 1.29 is 9.59 Å². The molecule has 1 aliphatic rings.